The molecule has 2 unspecified atom stereocenters. The minimum atomic E-state index is -0.553. The first-order chi connectivity index (χ1) is 15.6. The summed E-state index contributed by atoms with van der Waals surface area (Å²) in [7, 11) is 0. The Hall–Kier alpha value is -1.69. The van der Waals surface area contributed by atoms with Gasteiger partial charge in [-0.2, -0.15) is 0 Å². The van der Waals surface area contributed by atoms with Crippen LogP contribution in [0.1, 0.15) is 55.9 Å². The molecule has 0 spiro atoms. The fourth-order valence-corrected chi connectivity index (χ4v) is 4.85. The SMILES string of the molecule is CCC(C)NC(=O)C(CC)N(Cc1ccc(Cl)c(Cl)c1)C(=O)CSCc1cc(C)cc(C)c1. The van der Waals surface area contributed by atoms with Crippen molar-refractivity contribution in [2.75, 3.05) is 5.75 Å². The van der Waals surface area contributed by atoms with Crippen molar-refractivity contribution >= 4 is 46.8 Å². The van der Waals surface area contributed by atoms with E-state index in [0.717, 1.165) is 17.7 Å². The van der Waals surface area contributed by atoms with Gasteiger partial charge in [-0.3, -0.25) is 9.59 Å². The van der Waals surface area contributed by atoms with E-state index in [1.807, 2.05) is 26.8 Å². The molecular weight excluding hydrogens is 475 g/mol. The van der Waals surface area contributed by atoms with Gasteiger partial charge in [0.05, 0.1) is 15.8 Å². The lowest BCUT2D eigenvalue weighted by molar-refractivity contribution is -0.139. The van der Waals surface area contributed by atoms with Crippen LogP contribution in [0.2, 0.25) is 10.0 Å². The van der Waals surface area contributed by atoms with Crippen LogP contribution >= 0.6 is 35.0 Å². The van der Waals surface area contributed by atoms with Crippen LogP contribution in [-0.2, 0) is 21.9 Å². The molecule has 2 amide bonds. The van der Waals surface area contributed by atoms with Gasteiger partial charge in [0.1, 0.15) is 6.04 Å². The van der Waals surface area contributed by atoms with Gasteiger partial charge in [-0.1, -0.05) is 72.4 Å². The van der Waals surface area contributed by atoms with Gasteiger partial charge in [0.15, 0.2) is 0 Å². The van der Waals surface area contributed by atoms with Gasteiger partial charge in [-0.25, -0.2) is 0 Å². The second kappa shape index (κ2) is 13.3. The van der Waals surface area contributed by atoms with E-state index in [0.29, 0.717) is 28.8 Å². The van der Waals surface area contributed by atoms with E-state index in [2.05, 4.69) is 37.4 Å². The molecule has 0 heterocycles. The summed E-state index contributed by atoms with van der Waals surface area (Å²) in [6.45, 7) is 10.4. The van der Waals surface area contributed by atoms with Crippen molar-refractivity contribution in [2.24, 2.45) is 0 Å². The normalized spacial score (nSPS) is 12.8. The second-order valence-electron chi connectivity index (χ2n) is 8.50. The van der Waals surface area contributed by atoms with E-state index in [4.69, 9.17) is 23.2 Å². The van der Waals surface area contributed by atoms with E-state index < -0.39 is 6.04 Å². The van der Waals surface area contributed by atoms with Gasteiger partial charge < -0.3 is 10.2 Å². The lowest BCUT2D eigenvalue weighted by Crippen LogP contribution is -2.51. The van der Waals surface area contributed by atoms with Crippen molar-refractivity contribution in [3.8, 4) is 0 Å². The standard InChI is InChI=1S/C26H34Cl2N2O2S/c1-6-19(5)29-26(32)24(7-2)30(14-20-8-9-22(27)23(28)13-20)25(31)16-33-15-21-11-17(3)10-18(4)12-21/h8-13,19,24H,6-7,14-16H2,1-5H3,(H,29,32). The molecule has 0 aromatic heterocycles. The van der Waals surface area contributed by atoms with Gasteiger partial charge in [0.2, 0.25) is 11.8 Å². The molecule has 2 rings (SSSR count). The third kappa shape index (κ3) is 8.55. The number of amides is 2. The minimum absolute atomic E-state index is 0.0485. The molecular formula is C26H34Cl2N2O2S. The molecule has 7 heteroatoms. The highest BCUT2D eigenvalue weighted by Crippen LogP contribution is 2.25. The number of hydrogen-bond acceptors (Lipinski definition) is 3. The van der Waals surface area contributed by atoms with Crippen molar-refractivity contribution in [3.63, 3.8) is 0 Å². The zero-order valence-electron chi connectivity index (χ0n) is 20.1. The Morgan fingerprint density at radius 3 is 2.21 bits per heavy atom. The molecule has 33 heavy (non-hydrogen) atoms. The average molecular weight is 510 g/mol. The summed E-state index contributed by atoms with van der Waals surface area (Å²) in [6, 6.07) is 11.2. The molecule has 2 aromatic carbocycles. The topological polar surface area (TPSA) is 49.4 Å². The molecule has 1 N–H and O–H groups in total. The molecule has 0 bridgehead atoms. The summed E-state index contributed by atoms with van der Waals surface area (Å²) in [5, 5.41) is 3.92. The van der Waals surface area contributed by atoms with E-state index >= 15 is 0 Å². The zero-order chi connectivity index (χ0) is 24.5. The summed E-state index contributed by atoms with van der Waals surface area (Å²) in [4.78, 5) is 28.0. The van der Waals surface area contributed by atoms with Crippen LogP contribution in [0.15, 0.2) is 36.4 Å². The molecule has 0 aliphatic carbocycles. The summed E-state index contributed by atoms with van der Waals surface area (Å²) < 4.78 is 0. The number of carbonyl (C=O) groups excluding carboxylic acids is 2. The lowest BCUT2D eigenvalue weighted by Gasteiger charge is -2.31. The minimum Gasteiger partial charge on any atom is -0.352 e. The molecule has 180 valence electrons. The van der Waals surface area contributed by atoms with Crippen LogP contribution in [0.5, 0.6) is 0 Å². The van der Waals surface area contributed by atoms with Gasteiger partial charge >= 0.3 is 0 Å². The Labute approximate surface area is 212 Å². The Morgan fingerprint density at radius 1 is 0.970 bits per heavy atom. The Morgan fingerprint density at radius 2 is 1.64 bits per heavy atom. The summed E-state index contributed by atoms with van der Waals surface area (Å²) in [5.74, 6) is 0.841. The molecule has 0 aliphatic heterocycles. The lowest BCUT2D eigenvalue weighted by atomic mass is 10.1. The quantitative estimate of drug-likeness (QED) is 0.373. The number of benzene rings is 2. The van der Waals surface area contributed by atoms with Crippen LogP contribution in [0.3, 0.4) is 0 Å². The maximum Gasteiger partial charge on any atom is 0.243 e. The third-order valence-corrected chi connectivity index (χ3v) is 7.23. The average Bonchev–Trinajstić information content (AvgIpc) is 2.75. The number of halogens is 2. The maximum atomic E-state index is 13.3. The van der Waals surface area contributed by atoms with Gasteiger partial charge in [0, 0.05) is 18.3 Å². The van der Waals surface area contributed by atoms with Crippen LogP contribution in [-0.4, -0.2) is 34.6 Å². The number of hydrogen-bond donors (Lipinski definition) is 1. The number of aryl methyl sites for hydroxylation is 2. The highest BCUT2D eigenvalue weighted by molar-refractivity contribution is 7.99. The summed E-state index contributed by atoms with van der Waals surface area (Å²) in [6.07, 6.45) is 1.35. The van der Waals surface area contributed by atoms with Gasteiger partial charge in [-0.15, -0.1) is 11.8 Å². The van der Waals surface area contributed by atoms with E-state index in [9.17, 15) is 9.59 Å². The van der Waals surface area contributed by atoms with Crippen molar-refractivity contribution in [3.05, 3.63) is 68.7 Å². The van der Waals surface area contributed by atoms with Gasteiger partial charge in [-0.05, 0) is 56.9 Å². The first-order valence-electron chi connectivity index (χ1n) is 11.3. The van der Waals surface area contributed by atoms with Crippen molar-refractivity contribution in [1.82, 2.24) is 10.2 Å². The highest BCUT2D eigenvalue weighted by Gasteiger charge is 2.29. The predicted molar refractivity (Wildman–Crippen MR) is 141 cm³/mol. The van der Waals surface area contributed by atoms with Crippen molar-refractivity contribution in [1.29, 1.82) is 0 Å². The zero-order valence-corrected chi connectivity index (χ0v) is 22.4. The number of nitrogens with zero attached hydrogens (tertiary/aromatic N) is 1. The number of thioether (sulfide) groups is 1. The first-order valence-corrected chi connectivity index (χ1v) is 13.2. The molecule has 0 fully saturated rings. The maximum absolute atomic E-state index is 13.3. The molecule has 4 nitrogen and oxygen atoms in total. The molecule has 2 atom stereocenters. The van der Waals surface area contributed by atoms with E-state index in [1.165, 1.54) is 16.7 Å². The number of rotatable bonds is 11. The predicted octanol–water partition coefficient (Wildman–Crippen LogP) is 6.57. The molecule has 0 saturated heterocycles. The van der Waals surface area contributed by atoms with Crippen LogP contribution < -0.4 is 5.32 Å². The monoisotopic (exact) mass is 508 g/mol. The fraction of sp³-hybridized carbons (Fsp3) is 0.462. The Bertz CT molecular complexity index is 947. The first kappa shape index (κ1) is 27.6. The molecule has 2 aromatic rings. The van der Waals surface area contributed by atoms with Gasteiger partial charge in [0.25, 0.3) is 0 Å². The largest absolute Gasteiger partial charge is 0.352 e. The Kier molecular flexibility index (Phi) is 11.1. The summed E-state index contributed by atoms with van der Waals surface area (Å²) in [5.41, 5.74) is 4.46. The van der Waals surface area contributed by atoms with Crippen molar-refractivity contribution in [2.45, 2.75) is 71.8 Å². The molecule has 0 aliphatic rings. The highest BCUT2D eigenvalue weighted by atomic mass is 35.5. The number of carbonyl (C=O) groups is 2. The van der Waals surface area contributed by atoms with Crippen LogP contribution in [0, 0.1) is 13.8 Å². The fourth-order valence-electron chi connectivity index (χ4n) is 3.69. The third-order valence-electron chi connectivity index (χ3n) is 5.50. The number of nitrogens with one attached hydrogen (secondary N) is 1. The van der Waals surface area contributed by atoms with E-state index in [1.54, 1.807) is 28.8 Å². The van der Waals surface area contributed by atoms with E-state index in [-0.39, 0.29) is 17.9 Å². The van der Waals surface area contributed by atoms with Crippen LogP contribution in [0.25, 0.3) is 0 Å². The summed E-state index contributed by atoms with van der Waals surface area (Å²) >= 11 is 13.8. The Balaban J connectivity index is 2.18. The van der Waals surface area contributed by atoms with Crippen LogP contribution in [0.4, 0.5) is 0 Å². The van der Waals surface area contributed by atoms with Crippen molar-refractivity contribution < 1.29 is 9.59 Å². The molecule has 0 radical (unpaired) electrons. The smallest absolute Gasteiger partial charge is 0.243 e. The molecule has 0 saturated carbocycles. The second-order valence-corrected chi connectivity index (χ2v) is 10.3.